The summed E-state index contributed by atoms with van der Waals surface area (Å²) in [7, 11) is 1.87. The van der Waals surface area contributed by atoms with Crippen molar-refractivity contribution < 1.29 is 4.52 Å². The van der Waals surface area contributed by atoms with Gasteiger partial charge in [0, 0.05) is 19.3 Å². The molecule has 0 saturated carbocycles. The number of aryl methyl sites for hydroxylation is 1. The number of nitrogens with one attached hydrogen (secondary N) is 1. The molecule has 6 nitrogen and oxygen atoms in total. The van der Waals surface area contributed by atoms with Crippen LogP contribution in [0.4, 0.5) is 0 Å². The molecule has 2 unspecified atom stereocenters. The first-order valence-electron chi connectivity index (χ1n) is 5.80. The monoisotopic (exact) mass is 233 g/mol. The fraction of sp³-hybridized carbons (Fsp3) is 0.545. The molecular weight excluding hydrogens is 218 g/mol. The zero-order valence-electron chi connectivity index (χ0n) is 9.92. The van der Waals surface area contributed by atoms with Crippen LogP contribution in [-0.2, 0) is 7.05 Å². The van der Waals surface area contributed by atoms with Crippen LogP contribution >= 0.6 is 0 Å². The normalized spacial score (nSPS) is 24.4. The summed E-state index contributed by atoms with van der Waals surface area (Å²) in [5, 5.41) is 11.5. The van der Waals surface area contributed by atoms with Gasteiger partial charge in [-0.2, -0.15) is 10.1 Å². The third-order valence-electron chi connectivity index (χ3n) is 3.25. The van der Waals surface area contributed by atoms with Crippen molar-refractivity contribution in [1.29, 1.82) is 0 Å². The molecule has 0 spiro atoms. The molecule has 1 N–H and O–H groups in total. The molecule has 17 heavy (non-hydrogen) atoms. The fourth-order valence-corrected chi connectivity index (χ4v) is 2.24. The zero-order valence-corrected chi connectivity index (χ0v) is 9.92. The predicted molar refractivity (Wildman–Crippen MR) is 61.3 cm³/mol. The minimum atomic E-state index is 0.327. The standard InChI is InChI=1S/C11H15N5O/c1-7-9(3-4-12-7)11-14-10(15-17-11)8-5-13-16(2)6-8/h5-7,9,12H,3-4H2,1-2H3. The van der Waals surface area contributed by atoms with E-state index in [0.717, 1.165) is 24.4 Å². The maximum absolute atomic E-state index is 5.34. The first-order chi connectivity index (χ1) is 8.24. The Bertz CT molecular complexity index is 517. The van der Waals surface area contributed by atoms with Crippen molar-refractivity contribution in [3.63, 3.8) is 0 Å². The molecule has 6 heteroatoms. The number of aromatic nitrogens is 4. The summed E-state index contributed by atoms with van der Waals surface area (Å²) in [5.74, 6) is 1.67. The molecule has 2 aromatic heterocycles. The quantitative estimate of drug-likeness (QED) is 0.835. The van der Waals surface area contributed by atoms with Gasteiger partial charge in [0.05, 0.1) is 17.7 Å². The number of nitrogens with zero attached hydrogens (tertiary/aromatic N) is 4. The van der Waals surface area contributed by atoms with Gasteiger partial charge in [-0.3, -0.25) is 4.68 Å². The highest BCUT2D eigenvalue weighted by Crippen LogP contribution is 2.27. The van der Waals surface area contributed by atoms with Crippen molar-refractivity contribution in [3.05, 3.63) is 18.3 Å². The van der Waals surface area contributed by atoms with Gasteiger partial charge in [0.25, 0.3) is 0 Å². The first-order valence-corrected chi connectivity index (χ1v) is 5.80. The lowest BCUT2D eigenvalue weighted by Gasteiger charge is -2.08. The summed E-state index contributed by atoms with van der Waals surface area (Å²) in [4.78, 5) is 4.46. The van der Waals surface area contributed by atoms with E-state index in [9.17, 15) is 0 Å². The van der Waals surface area contributed by atoms with Crippen LogP contribution in [0, 0.1) is 0 Å². The Morgan fingerprint density at radius 1 is 1.53 bits per heavy atom. The van der Waals surface area contributed by atoms with E-state index in [1.54, 1.807) is 10.9 Å². The molecule has 0 amide bonds. The van der Waals surface area contributed by atoms with Crippen molar-refractivity contribution in [3.8, 4) is 11.4 Å². The van der Waals surface area contributed by atoms with Gasteiger partial charge in [0.1, 0.15) is 0 Å². The Kier molecular flexibility index (Phi) is 2.44. The Labute approximate surface area is 99.0 Å². The molecule has 3 heterocycles. The van der Waals surface area contributed by atoms with Gasteiger partial charge in [-0.1, -0.05) is 5.16 Å². The van der Waals surface area contributed by atoms with E-state index in [1.807, 2.05) is 13.2 Å². The van der Waals surface area contributed by atoms with Gasteiger partial charge in [-0.05, 0) is 19.9 Å². The molecule has 0 aliphatic carbocycles. The molecular formula is C11H15N5O. The average molecular weight is 233 g/mol. The second-order valence-electron chi connectivity index (χ2n) is 4.50. The SMILES string of the molecule is CC1NCCC1c1nc(-c2cnn(C)c2)no1. The van der Waals surface area contributed by atoms with Crippen LogP contribution in [0.5, 0.6) is 0 Å². The maximum Gasteiger partial charge on any atom is 0.231 e. The van der Waals surface area contributed by atoms with Crippen molar-refractivity contribution in [1.82, 2.24) is 25.2 Å². The summed E-state index contributed by atoms with van der Waals surface area (Å²) in [6.45, 7) is 3.15. The molecule has 3 rings (SSSR count). The summed E-state index contributed by atoms with van der Waals surface area (Å²) < 4.78 is 7.07. The van der Waals surface area contributed by atoms with Crippen LogP contribution in [0.15, 0.2) is 16.9 Å². The van der Waals surface area contributed by atoms with Crippen LogP contribution in [0.3, 0.4) is 0 Å². The van der Waals surface area contributed by atoms with E-state index in [4.69, 9.17) is 4.52 Å². The van der Waals surface area contributed by atoms with Crippen LogP contribution < -0.4 is 5.32 Å². The average Bonchev–Trinajstić information content (AvgIpc) is 2.97. The lowest BCUT2D eigenvalue weighted by Crippen LogP contribution is -2.21. The maximum atomic E-state index is 5.34. The van der Waals surface area contributed by atoms with Crippen molar-refractivity contribution in [2.75, 3.05) is 6.54 Å². The number of rotatable bonds is 2. The third kappa shape index (κ3) is 1.84. The number of hydrogen-bond donors (Lipinski definition) is 1. The summed E-state index contributed by atoms with van der Waals surface area (Å²) in [6.07, 6.45) is 4.67. The molecule has 1 fully saturated rings. The van der Waals surface area contributed by atoms with E-state index in [0.29, 0.717) is 17.8 Å². The largest absolute Gasteiger partial charge is 0.339 e. The van der Waals surface area contributed by atoms with Crippen LogP contribution in [0.2, 0.25) is 0 Å². The van der Waals surface area contributed by atoms with Gasteiger partial charge in [-0.25, -0.2) is 0 Å². The highest BCUT2D eigenvalue weighted by atomic mass is 16.5. The second kappa shape index (κ2) is 3.96. The minimum Gasteiger partial charge on any atom is -0.339 e. The number of hydrogen-bond acceptors (Lipinski definition) is 5. The fourth-order valence-electron chi connectivity index (χ4n) is 2.24. The van der Waals surface area contributed by atoms with Crippen molar-refractivity contribution in [2.45, 2.75) is 25.3 Å². The molecule has 0 radical (unpaired) electrons. The summed E-state index contributed by atoms with van der Waals surface area (Å²) in [6, 6.07) is 0.400. The summed E-state index contributed by atoms with van der Waals surface area (Å²) >= 11 is 0. The highest BCUT2D eigenvalue weighted by Gasteiger charge is 2.29. The van der Waals surface area contributed by atoms with Crippen LogP contribution in [-0.4, -0.2) is 32.5 Å². The lowest BCUT2D eigenvalue weighted by atomic mass is 10.0. The molecule has 2 aromatic rings. The summed E-state index contributed by atoms with van der Waals surface area (Å²) in [5.41, 5.74) is 0.890. The van der Waals surface area contributed by atoms with Crippen LogP contribution in [0.1, 0.15) is 25.2 Å². The van der Waals surface area contributed by atoms with Gasteiger partial charge in [0.2, 0.25) is 11.7 Å². The second-order valence-corrected chi connectivity index (χ2v) is 4.50. The molecule has 90 valence electrons. The Morgan fingerprint density at radius 3 is 3.06 bits per heavy atom. The Hall–Kier alpha value is -1.69. The van der Waals surface area contributed by atoms with Gasteiger partial charge < -0.3 is 9.84 Å². The lowest BCUT2D eigenvalue weighted by molar-refractivity contribution is 0.345. The molecule has 1 aliphatic rings. The van der Waals surface area contributed by atoms with Gasteiger partial charge in [0.15, 0.2) is 0 Å². The minimum absolute atomic E-state index is 0.327. The van der Waals surface area contributed by atoms with E-state index in [-0.39, 0.29) is 0 Å². The van der Waals surface area contributed by atoms with E-state index in [1.165, 1.54) is 0 Å². The van der Waals surface area contributed by atoms with E-state index in [2.05, 4.69) is 27.5 Å². The molecule has 1 saturated heterocycles. The first kappa shape index (κ1) is 10.5. The Balaban J connectivity index is 1.87. The highest BCUT2D eigenvalue weighted by molar-refractivity contribution is 5.51. The zero-order chi connectivity index (χ0) is 11.8. The van der Waals surface area contributed by atoms with E-state index >= 15 is 0 Å². The van der Waals surface area contributed by atoms with Crippen molar-refractivity contribution in [2.24, 2.45) is 7.05 Å². The van der Waals surface area contributed by atoms with Crippen molar-refractivity contribution >= 4 is 0 Å². The van der Waals surface area contributed by atoms with Gasteiger partial charge in [-0.15, -0.1) is 0 Å². The predicted octanol–water partition coefficient (Wildman–Crippen LogP) is 0.935. The molecule has 0 aromatic carbocycles. The Morgan fingerprint density at radius 2 is 2.41 bits per heavy atom. The van der Waals surface area contributed by atoms with Crippen LogP contribution in [0.25, 0.3) is 11.4 Å². The molecule has 2 atom stereocenters. The molecule has 0 bridgehead atoms. The van der Waals surface area contributed by atoms with E-state index < -0.39 is 0 Å². The molecule has 1 aliphatic heterocycles. The topological polar surface area (TPSA) is 68.8 Å². The third-order valence-corrected chi connectivity index (χ3v) is 3.25. The van der Waals surface area contributed by atoms with Gasteiger partial charge >= 0.3 is 0 Å². The smallest absolute Gasteiger partial charge is 0.231 e.